The predicted octanol–water partition coefficient (Wildman–Crippen LogP) is 2.85. The van der Waals surface area contributed by atoms with Crippen molar-refractivity contribution in [2.75, 3.05) is 6.61 Å². The number of ether oxygens (including phenoxy) is 1. The average Bonchev–Trinajstić information content (AvgIpc) is 2.39. The van der Waals surface area contributed by atoms with Crippen molar-refractivity contribution < 1.29 is 4.74 Å². The van der Waals surface area contributed by atoms with Gasteiger partial charge in [0.2, 0.25) is 5.88 Å². The Morgan fingerprint density at radius 2 is 1.94 bits per heavy atom. The molecular formula is C15H14N2O. The summed E-state index contributed by atoms with van der Waals surface area (Å²) in [6, 6.07) is 11.8. The molecule has 2 rings (SSSR count). The highest BCUT2D eigenvalue weighted by atomic mass is 16.5. The molecule has 3 heteroatoms. The van der Waals surface area contributed by atoms with Crippen molar-refractivity contribution in [2.24, 2.45) is 0 Å². The Labute approximate surface area is 107 Å². The van der Waals surface area contributed by atoms with Gasteiger partial charge >= 0.3 is 0 Å². The third kappa shape index (κ3) is 3.08. The lowest BCUT2D eigenvalue weighted by molar-refractivity contribution is 0.354. The quantitative estimate of drug-likeness (QED) is 0.771. The van der Waals surface area contributed by atoms with Crippen molar-refractivity contribution in [1.29, 1.82) is 0 Å². The van der Waals surface area contributed by atoms with E-state index in [0.717, 1.165) is 11.3 Å². The fourth-order valence-electron chi connectivity index (χ4n) is 1.55. The summed E-state index contributed by atoms with van der Waals surface area (Å²) in [6.45, 7) is 3.98. The average molecular weight is 238 g/mol. The molecule has 0 saturated carbocycles. The van der Waals surface area contributed by atoms with Crippen LogP contribution in [-0.2, 0) is 0 Å². The Bertz CT molecular complexity index is 582. The maximum Gasteiger partial charge on any atom is 0.218 e. The van der Waals surface area contributed by atoms with E-state index >= 15 is 0 Å². The first-order valence-electron chi connectivity index (χ1n) is 5.73. The molecule has 0 aliphatic rings. The molecule has 0 bridgehead atoms. The summed E-state index contributed by atoms with van der Waals surface area (Å²) in [5.41, 5.74) is 1.91. The van der Waals surface area contributed by atoms with Crippen LogP contribution in [0.1, 0.15) is 12.7 Å². The Morgan fingerprint density at radius 1 is 1.17 bits per heavy atom. The molecule has 1 aromatic carbocycles. The summed E-state index contributed by atoms with van der Waals surface area (Å²) >= 11 is 0. The van der Waals surface area contributed by atoms with Crippen molar-refractivity contribution >= 4 is 0 Å². The molecule has 1 aromatic heterocycles. The van der Waals surface area contributed by atoms with E-state index < -0.39 is 0 Å². The van der Waals surface area contributed by atoms with E-state index in [1.54, 1.807) is 6.92 Å². The van der Waals surface area contributed by atoms with Crippen LogP contribution < -0.4 is 4.74 Å². The van der Waals surface area contributed by atoms with Gasteiger partial charge in [-0.1, -0.05) is 36.3 Å². The van der Waals surface area contributed by atoms with Gasteiger partial charge in [0.25, 0.3) is 0 Å². The third-order valence-electron chi connectivity index (χ3n) is 2.35. The Hall–Kier alpha value is -2.34. The van der Waals surface area contributed by atoms with Gasteiger partial charge in [0, 0.05) is 11.6 Å². The lowest BCUT2D eigenvalue weighted by Gasteiger charge is -2.06. The van der Waals surface area contributed by atoms with Gasteiger partial charge in [-0.15, -0.1) is 5.92 Å². The number of rotatable bonds is 3. The molecule has 0 amide bonds. The van der Waals surface area contributed by atoms with Crippen LogP contribution in [0.3, 0.4) is 0 Å². The minimum atomic E-state index is 0.348. The highest BCUT2D eigenvalue weighted by Gasteiger charge is 2.04. The first kappa shape index (κ1) is 12.1. The number of hydrogen-bond acceptors (Lipinski definition) is 3. The number of nitrogens with zero attached hydrogens (tertiary/aromatic N) is 2. The third-order valence-corrected chi connectivity index (χ3v) is 2.35. The van der Waals surface area contributed by atoms with Gasteiger partial charge in [-0.2, -0.15) is 4.98 Å². The van der Waals surface area contributed by atoms with E-state index in [0.29, 0.717) is 18.3 Å². The molecule has 0 aliphatic heterocycles. The minimum Gasteiger partial charge on any atom is -0.464 e. The first-order chi connectivity index (χ1) is 8.79. The predicted molar refractivity (Wildman–Crippen MR) is 71.2 cm³/mol. The van der Waals surface area contributed by atoms with E-state index in [2.05, 4.69) is 21.8 Å². The monoisotopic (exact) mass is 238 g/mol. The van der Waals surface area contributed by atoms with Crippen LogP contribution in [0.2, 0.25) is 0 Å². The van der Waals surface area contributed by atoms with Crippen LogP contribution in [-0.4, -0.2) is 16.6 Å². The lowest BCUT2D eigenvalue weighted by Crippen LogP contribution is -2.00. The van der Waals surface area contributed by atoms with Gasteiger partial charge in [0.05, 0.1) is 5.69 Å². The highest BCUT2D eigenvalue weighted by Crippen LogP contribution is 2.20. The molecule has 0 spiro atoms. The number of benzene rings is 1. The van der Waals surface area contributed by atoms with Crippen LogP contribution in [0.15, 0.2) is 36.4 Å². The van der Waals surface area contributed by atoms with E-state index in [-0.39, 0.29) is 0 Å². The molecule has 3 nitrogen and oxygen atoms in total. The second kappa shape index (κ2) is 5.83. The van der Waals surface area contributed by atoms with Gasteiger partial charge in [0.15, 0.2) is 6.61 Å². The molecule has 0 saturated heterocycles. The Balaban J connectivity index is 2.28. The van der Waals surface area contributed by atoms with Crippen LogP contribution in [0.25, 0.3) is 11.3 Å². The van der Waals surface area contributed by atoms with E-state index in [9.17, 15) is 0 Å². The zero-order valence-electron chi connectivity index (χ0n) is 10.5. The summed E-state index contributed by atoms with van der Waals surface area (Å²) in [4.78, 5) is 8.64. The molecule has 0 atom stereocenters. The van der Waals surface area contributed by atoms with Gasteiger partial charge in [-0.3, -0.25) is 0 Å². The summed E-state index contributed by atoms with van der Waals surface area (Å²) in [7, 11) is 0. The number of hydrogen-bond donors (Lipinski definition) is 0. The number of aryl methyl sites for hydroxylation is 1. The van der Waals surface area contributed by atoms with Crippen LogP contribution in [0, 0.1) is 18.8 Å². The molecule has 2 aromatic rings. The maximum atomic E-state index is 5.46. The summed E-state index contributed by atoms with van der Waals surface area (Å²) in [5.74, 6) is 6.87. The fourth-order valence-corrected chi connectivity index (χ4v) is 1.55. The molecule has 0 N–H and O–H groups in total. The SMILES string of the molecule is CC#CCOc1cc(-c2ccccc2)nc(C)n1. The smallest absolute Gasteiger partial charge is 0.218 e. The van der Waals surface area contributed by atoms with Crippen LogP contribution in [0.4, 0.5) is 0 Å². The standard InChI is InChI=1S/C15H14N2O/c1-3-4-10-18-15-11-14(16-12(2)17-15)13-8-6-5-7-9-13/h5-9,11H,10H2,1-2H3. The lowest BCUT2D eigenvalue weighted by atomic mass is 10.1. The van der Waals surface area contributed by atoms with Crippen molar-refractivity contribution in [3.05, 3.63) is 42.2 Å². The molecule has 0 unspecified atom stereocenters. The second-order valence-corrected chi connectivity index (χ2v) is 3.72. The van der Waals surface area contributed by atoms with Crippen LogP contribution >= 0.6 is 0 Å². The van der Waals surface area contributed by atoms with Crippen LogP contribution in [0.5, 0.6) is 5.88 Å². The second-order valence-electron chi connectivity index (χ2n) is 3.72. The van der Waals surface area contributed by atoms with E-state index in [1.165, 1.54) is 0 Å². The minimum absolute atomic E-state index is 0.348. The Morgan fingerprint density at radius 3 is 2.67 bits per heavy atom. The molecule has 0 fully saturated rings. The molecule has 0 radical (unpaired) electrons. The summed E-state index contributed by atoms with van der Waals surface area (Å²) in [5, 5.41) is 0. The fraction of sp³-hybridized carbons (Fsp3) is 0.200. The molecule has 1 heterocycles. The summed E-state index contributed by atoms with van der Waals surface area (Å²) < 4.78 is 5.46. The molecular weight excluding hydrogens is 224 g/mol. The van der Waals surface area contributed by atoms with Crippen molar-refractivity contribution in [2.45, 2.75) is 13.8 Å². The molecule has 0 aliphatic carbocycles. The van der Waals surface area contributed by atoms with Gasteiger partial charge in [-0.05, 0) is 13.8 Å². The van der Waals surface area contributed by atoms with E-state index in [1.807, 2.05) is 43.3 Å². The maximum absolute atomic E-state index is 5.46. The van der Waals surface area contributed by atoms with Crippen molar-refractivity contribution in [3.63, 3.8) is 0 Å². The van der Waals surface area contributed by atoms with Crippen molar-refractivity contribution in [3.8, 4) is 29.0 Å². The molecule has 18 heavy (non-hydrogen) atoms. The van der Waals surface area contributed by atoms with E-state index in [4.69, 9.17) is 4.74 Å². The van der Waals surface area contributed by atoms with Gasteiger partial charge in [0.1, 0.15) is 5.82 Å². The zero-order valence-corrected chi connectivity index (χ0v) is 10.5. The normalized spacial score (nSPS) is 9.44. The van der Waals surface area contributed by atoms with Gasteiger partial charge < -0.3 is 4.74 Å². The molecule has 90 valence electrons. The number of aromatic nitrogens is 2. The summed E-state index contributed by atoms with van der Waals surface area (Å²) in [6.07, 6.45) is 0. The zero-order chi connectivity index (χ0) is 12.8. The largest absolute Gasteiger partial charge is 0.464 e. The first-order valence-corrected chi connectivity index (χ1v) is 5.73. The highest BCUT2D eigenvalue weighted by molar-refractivity contribution is 5.59. The Kier molecular flexibility index (Phi) is 3.93. The van der Waals surface area contributed by atoms with Crippen molar-refractivity contribution in [1.82, 2.24) is 9.97 Å². The topological polar surface area (TPSA) is 35.0 Å². The van der Waals surface area contributed by atoms with Gasteiger partial charge in [-0.25, -0.2) is 4.98 Å².